The first-order valence-electron chi connectivity index (χ1n) is 9.86. The number of hydrogen-bond acceptors (Lipinski definition) is 5. The van der Waals surface area contributed by atoms with Crippen LogP contribution in [0.15, 0.2) is 18.2 Å². The first-order valence-corrected chi connectivity index (χ1v) is 9.86. The zero-order valence-electron chi connectivity index (χ0n) is 17.2. The number of rotatable bonds is 3. The van der Waals surface area contributed by atoms with Crippen LogP contribution in [0.4, 0.5) is 4.79 Å². The van der Waals surface area contributed by atoms with Crippen molar-refractivity contribution in [2.45, 2.75) is 39.2 Å². The Kier molecular flexibility index (Phi) is 6.01. The van der Waals surface area contributed by atoms with Gasteiger partial charge in [0.05, 0.1) is 5.56 Å². The first kappa shape index (κ1) is 20.3. The van der Waals surface area contributed by atoms with Crippen LogP contribution in [0.3, 0.4) is 0 Å². The van der Waals surface area contributed by atoms with Gasteiger partial charge in [0.25, 0.3) is 5.91 Å². The number of hydrogen-bond donors (Lipinski definition) is 0. The van der Waals surface area contributed by atoms with E-state index in [1.807, 2.05) is 26.8 Å². The van der Waals surface area contributed by atoms with E-state index in [2.05, 4.69) is 0 Å². The molecule has 7 nitrogen and oxygen atoms in total. The molecule has 2 aliphatic heterocycles. The van der Waals surface area contributed by atoms with Crippen molar-refractivity contribution in [1.82, 2.24) is 9.80 Å². The van der Waals surface area contributed by atoms with Gasteiger partial charge in [0.1, 0.15) is 18.8 Å². The fourth-order valence-corrected chi connectivity index (χ4v) is 3.62. The largest absolute Gasteiger partial charge is 0.486 e. The molecule has 1 saturated heterocycles. The lowest BCUT2D eigenvalue weighted by Crippen LogP contribution is -2.45. The highest BCUT2D eigenvalue weighted by atomic mass is 16.6. The van der Waals surface area contributed by atoms with E-state index in [1.165, 1.54) is 0 Å². The zero-order valence-corrected chi connectivity index (χ0v) is 17.2. The summed E-state index contributed by atoms with van der Waals surface area (Å²) in [5, 5.41) is 0. The number of likely N-dealkylation sites (tertiary alicyclic amines) is 1. The van der Waals surface area contributed by atoms with Crippen LogP contribution >= 0.6 is 0 Å². The molecule has 2 amide bonds. The van der Waals surface area contributed by atoms with Crippen molar-refractivity contribution in [2.75, 3.05) is 39.9 Å². The molecule has 2 heterocycles. The number of piperidine rings is 1. The number of para-hydroxylation sites is 1. The number of amides is 2. The molecular formula is C21H30N2O5. The van der Waals surface area contributed by atoms with Crippen LogP contribution in [0.1, 0.15) is 44.0 Å². The summed E-state index contributed by atoms with van der Waals surface area (Å²) in [5.74, 6) is 1.24. The number of nitrogens with zero attached hydrogens (tertiary/aromatic N) is 2. The van der Waals surface area contributed by atoms with Crippen LogP contribution in [0.2, 0.25) is 0 Å². The Labute approximate surface area is 166 Å². The van der Waals surface area contributed by atoms with Crippen molar-refractivity contribution < 1.29 is 23.8 Å². The highest BCUT2D eigenvalue weighted by molar-refractivity contribution is 5.97. The van der Waals surface area contributed by atoms with Crippen molar-refractivity contribution in [2.24, 2.45) is 5.92 Å². The van der Waals surface area contributed by atoms with Crippen LogP contribution < -0.4 is 9.47 Å². The maximum Gasteiger partial charge on any atom is 0.410 e. The monoisotopic (exact) mass is 390 g/mol. The molecule has 1 aromatic carbocycles. The predicted octanol–water partition coefficient (Wildman–Crippen LogP) is 3.18. The van der Waals surface area contributed by atoms with Gasteiger partial charge in [-0.2, -0.15) is 0 Å². The maximum atomic E-state index is 13.0. The summed E-state index contributed by atoms with van der Waals surface area (Å²) in [4.78, 5) is 28.8. The standard InChI is InChI=1S/C21H30N2O5/c1-21(2,3)28-20(25)23-10-6-7-15(14-23)13-22(4)19(24)16-8-5-9-17-18(16)27-12-11-26-17/h5,8-9,15H,6-7,10-14H2,1-4H3/t15-/m1/s1. The van der Waals surface area contributed by atoms with E-state index in [1.54, 1.807) is 29.0 Å². The van der Waals surface area contributed by atoms with Crippen molar-refractivity contribution in [3.8, 4) is 11.5 Å². The van der Waals surface area contributed by atoms with Gasteiger partial charge in [0.2, 0.25) is 0 Å². The van der Waals surface area contributed by atoms with Crippen molar-refractivity contribution in [1.29, 1.82) is 0 Å². The van der Waals surface area contributed by atoms with Crippen molar-refractivity contribution in [3.63, 3.8) is 0 Å². The summed E-state index contributed by atoms with van der Waals surface area (Å²) < 4.78 is 16.7. The Bertz CT molecular complexity index is 728. The van der Waals surface area contributed by atoms with Crippen LogP contribution in [0.5, 0.6) is 11.5 Å². The minimum Gasteiger partial charge on any atom is -0.486 e. The lowest BCUT2D eigenvalue weighted by molar-refractivity contribution is 0.0151. The highest BCUT2D eigenvalue weighted by Crippen LogP contribution is 2.34. The summed E-state index contributed by atoms with van der Waals surface area (Å²) >= 11 is 0. The SMILES string of the molecule is CN(C[C@H]1CCCN(C(=O)OC(C)(C)C)C1)C(=O)c1cccc2c1OCCO2. The molecule has 1 aromatic rings. The molecule has 1 atom stereocenters. The fourth-order valence-electron chi connectivity index (χ4n) is 3.62. The number of fused-ring (bicyclic) bond motifs is 1. The maximum absolute atomic E-state index is 13.0. The van der Waals surface area contributed by atoms with E-state index in [-0.39, 0.29) is 17.9 Å². The lowest BCUT2D eigenvalue weighted by atomic mass is 9.97. The highest BCUT2D eigenvalue weighted by Gasteiger charge is 2.30. The molecule has 0 aliphatic carbocycles. The number of carbonyl (C=O) groups excluding carboxylic acids is 2. The summed E-state index contributed by atoms with van der Waals surface area (Å²) in [6.45, 7) is 8.39. The molecule has 1 fully saturated rings. The molecule has 0 saturated carbocycles. The molecule has 28 heavy (non-hydrogen) atoms. The van der Waals surface area contributed by atoms with Crippen LogP contribution in [0, 0.1) is 5.92 Å². The molecule has 0 N–H and O–H groups in total. The summed E-state index contributed by atoms with van der Waals surface area (Å²) in [7, 11) is 1.79. The summed E-state index contributed by atoms with van der Waals surface area (Å²) in [6.07, 6.45) is 1.60. The molecule has 0 radical (unpaired) electrons. The third-order valence-corrected chi connectivity index (χ3v) is 4.85. The zero-order chi connectivity index (χ0) is 20.3. The Morgan fingerprint density at radius 1 is 1.25 bits per heavy atom. The van der Waals surface area contributed by atoms with E-state index < -0.39 is 5.60 Å². The molecule has 3 rings (SSSR count). The molecule has 2 aliphatic rings. The van der Waals surface area contributed by atoms with E-state index in [9.17, 15) is 9.59 Å². The topological polar surface area (TPSA) is 68.3 Å². The second-order valence-electron chi connectivity index (χ2n) is 8.45. The van der Waals surface area contributed by atoms with Gasteiger partial charge >= 0.3 is 6.09 Å². The second kappa shape index (κ2) is 8.29. The molecule has 154 valence electrons. The normalized spacial score (nSPS) is 19.1. The molecular weight excluding hydrogens is 360 g/mol. The van der Waals surface area contributed by atoms with E-state index in [0.29, 0.717) is 49.9 Å². The van der Waals surface area contributed by atoms with E-state index in [0.717, 1.165) is 12.8 Å². The van der Waals surface area contributed by atoms with Gasteiger partial charge in [-0.25, -0.2) is 4.79 Å². The van der Waals surface area contributed by atoms with Crippen LogP contribution in [0.25, 0.3) is 0 Å². The average Bonchev–Trinajstić information content (AvgIpc) is 2.66. The Morgan fingerprint density at radius 2 is 2.00 bits per heavy atom. The lowest BCUT2D eigenvalue weighted by Gasteiger charge is -2.35. The van der Waals surface area contributed by atoms with E-state index in [4.69, 9.17) is 14.2 Å². The smallest absolute Gasteiger partial charge is 0.410 e. The quantitative estimate of drug-likeness (QED) is 0.793. The molecule has 0 spiro atoms. The fraction of sp³-hybridized carbons (Fsp3) is 0.619. The van der Waals surface area contributed by atoms with Gasteiger partial charge in [-0.3, -0.25) is 4.79 Å². The third kappa shape index (κ3) is 4.88. The van der Waals surface area contributed by atoms with Gasteiger partial charge in [-0.1, -0.05) is 6.07 Å². The number of carbonyl (C=O) groups is 2. The molecule has 0 unspecified atom stereocenters. The first-order chi connectivity index (χ1) is 13.2. The average molecular weight is 390 g/mol. The number of benzene rings is 1. The van der Waals surface area contributed by atoms with Crippen molar-refractivity contribution >= 4 is 12.0 Å². The Balaban J connectivity index is 1.62. The third-order valence-electron chi connectivity index (χ3n) is 4.85. The van der Waals surface area contributed by atoms with Gasteiger partial charge in [0, 0.05) is 26.7 Å². The van der Waals surface area contributed by atoms with Gasteiger partial charge in [-0.05, 0) is 51.7 Å². The summed E-state index contributed by atoms with van der Waals surface area (Å²) in [5.41, 5.74) is 0.00476. The van der Waals surface area contributed by atoms with Gasteiger partial charge in [0.15, 0.2) is 11.5 Å². The summed E-state index contributed by atoms with van der Waals surface area (Å²) in [6, 6.07) is 5.38. The minimum absolute atomic E-state index is 0.100. The van der Waals surface area contributed by atoms with Crippen molar-refractivity contribution in [3.05, 3.63) is 23.8 Å². The second-order valence-corrected chi connectivity index (χ2v) is 8.45. The predicted molar refractivity (Wildman–Crippen MR) is 105 cm³/mol. The van der Waals surface area contributed by atoms with Crippen LogP contribution in [-0.4, -0.2) is 67.3 Å². The van der Waals surface area contributed by atoms with Gasteiger partial charge < -0.3 is 24.0 Å². The van der Waals surface area contributed by atoms with E-state index >= 15 is 0 Å². The minimum atomic E-state index is -0.509. The van der Waals surface area contributed by atoms with Crippen LogP contribution in [-0.2, 0) is 4.74 Å². The molecule has 0 bridgehead atoms. The van der Waals surface area contributed by atoms with Gasteiger partial charge in [-0.15, -0.1) is 0 Å². The molecule has 0 aromatic heterocycles. The molecule has 7 heteroatoms. The Hall–Kier alpha value is -2.44. The number of ether oxygens (including phenoxy) is 3. The Morgan fingerprint density at radius 3 is 2.75 bits per heavy atom.